The average Bonchev–Trinajstić information content (AvgIpc) is 2.43. The van der Waals surface area contributed by atoms with E-state index in [1.807, 2.05) is 19.1 Å². The molecule has 0 bridgehead atoms. The van der Waals surface area contributed by atoms with Crippen molar-refractivity contribution in [1.82, 2.24) is 4.90 Å². The summed E-state index contributed by atoms with van der Waals surface area (Å²) >= 11 is 3.41. The van der Waals surface area contributed by atoms with E-state index in [1.165, 1.54) is 4.90 Å². The van der Waals surface area contributed by atoms with Crippen LogP contribution in [-0.2, 0) is 4.79 Å². The van der Waals surface area contributed by atoms with Crippen LogP contribution < -0.4 is 5.32 Å². The van der Waals surface area contributed by atoms with Crippen molar-refractivity contribution in [2.45, 2.75) is 32.2 Å². The molecule has 0 radical (unpaired) electrons. The predicted molar refractivity (Wildman–Crippen MR) is 79.9 cm³/mol. The standard InChI is InChI=1S/C14H17BrN2O3/c1-9-5-6-10(8-11(9)15)16-14(20)17-7-3-2-4-12(17)13(18)19/h5-6,8,12H,2-4,7H2,1H3,(H,16,20)(H,18,19). The summed E-state index contributed by atoms with van der Waals surface area (Å²) in [4.78, 5) is 24.8. The number of anilines is 1. The summed E-state index contributed by atoms with van der Waals surface area (Å²) in [5.74, 6) is -0.940. The lowest BCUT2D eigenvalue weighted by Crippen LogP contribution is -2.49. The van der Waals surface area contributed by atoms with E-state index in [0.717, 1.165) is 22.9 Å². The summed E-state index contributed by atoms with van der Waals surface area (Å²) < 4.78 is 0.906. The molecular formula is C14H17BrN2O3. The number of benzene rings is 1. The number of likely N-dealkylation sites (tertiary alicyclic amines) is 1. The summed E-state index contributed by atoms with van der Waals surface area (Å²) in [5, 5.41) is 11.9. The predicted octanol–water partition coefficient (Wildman–Crippen LogP) is 3.23. The van der Waals surface area contributed by atoms with Crippen LogP contribution in [0.1, 0.15) is 24.8 Å². The van der Waals surface area contributed by atoms with Crippen LogP contribution in [0.2, 0.25) is 0 Å². The van der Waals surface area contributed by atoms with E-state index in [9.17, 15) is 14.7 Å². The first-order chi connectivity index (χ1) is 9.49. The van der Waals surface area contributed by atoms with E-state index in [4.69, 9.17) is 0 Å². The fourth-order valence-electron chi connectivity index (χ4n) is 2.30. The molecule has 20 heavy (non-hydrogen) atoms. The molecule has 0 saturated carbocycles. The molecule has 0 spiro atoms. The highest BCUT2D eigenvalue weighted by Gasteiger charge is 2.31. The normalized spacial score (nSPS) is 18.7. The number of nitrogens with one attached hydrogen (secondary N) is 1. The van der Waals surface area contributed by atoms with Gasteiger partial charge >= 0.3 is 12.0 Å². The van der Waals surface area contributed by atoms with Gasteiger partial charge in [-0.1, -0.05) is 22.0 Å². The Morgan fingerprint density at radius 2 is 2.15 bits per heavy atom. The fourth-order valence-corrected chi connectivity index (χ4v) is 2.68. The second-order valence-corrected chi connectivity index (χ2v) is 5.79. The minimum absolute atomic E-state index is 0.354. The lowest BCUT2D eigenvalue weighted by Gasteiger charge is -2.32. The molecule has 1 aromatic carbocycles. The number of urea groups is 1. The fraction of sp³-hybridized carbons (Fsp3) is 0.429. The van der Waals surface area contributed by atoms with Gasteiger partial charge in [-0.25, -0.2) is 9.59 Å². The second-order valence-electron chi connectivity index (χ2n) is 4.94. The Kier molecular flexibility index (Phi) is 4.65. The Hall–Kier alpha value is -1.56. The molecule has 2 amide bonds. The number of hydrogen-bond acceptors (Lipinski definition) is 2. The molecule has 1 atom stereocenters. The van der Waals surface area contributed by atoms with E-state index in [-0.39, 0.29) is 6.03 Å². The molecule has 0 aromatic heterocycles. The third kappa shape index (κ3) is 3.30. The number of aliphatic carboxylic acids is 1. The maximum atomic E-state index is 12.2. The summed E-state index contributed by atoms with van der Waals surface area (Å²) in [6.45, 7) is 2.44. The van der Waals surface area contributed by atoms with Gasteiger partial charge in [0.1, 0.15) is 6.04 Å². The van der Waals surface area contributed by atoms with Crippen molar-refractivity contribution < 1.29 is 14.7 Å². The van der Waals surface area contributed by atoms with Gasteiger partial charge in [0.2, 0.25) is 0 Å². The number of carbonyl (C=O) groups is 2. The van der Waals surface area contributed by atoms with Crippen molar-refractivity contribution in [3.8, 4) is 0 Å². The van der Waals surface area contributed by atoms with Crippen LogP contribution in [0.3, 0.4) is 0 Å². The molecule has 2 N–H and O–H groups in total. The van der Waals surface area contributed by atoms with E-state index in [1.54, 1.807) is 6.07 Å². The Balaban J connectivity index is 2.09. The number of carbonyl (C=O) groups excluding carboxylic acids is 1. The number of aryl methyl sites for hydroxylation is 1. The molecule has 1 fully saturated rings. The Labute approximate surface area is 126 Å². The first kappa shape index (κ1) is 14.8. The van der Waals surface area contributed by atoms with Crippen LogP contribution in [0.15, 0.2) is 22.7 Å². The molecule has 1 saturated heterocycles. The van der Waals surface area contributed by atoms with E-state index >= 15 is 0 Å². The zero-order chi connectivity index (χ0) is 14.7. The zero-order valence-electron chi connectivity index (χ0n) is 11.2. The maximum Gasteiger partial charge on any atom is 0.326 e. The van der Waals surface area contributed by atoms with Gasteiger partial charge in [-0.15, -0.1) is 0 Å². The number of hydrogen-bond donors (Lipinski definition) is 2. The van der Waals surface area contributed by atoms with Gasteiger partial charge in [-0.3, -0.25) is 0 Å². The third-order valence-electron chi connectivity index (χ3n) is 3.47. The van der Waals surface area contributed by atoms with Gasteiger partial charge in [-0.2, -0.15) is 0 Å². The smallest absolute Gasteiger partial charge is 0.326 e. The quantitative estimate of drug-likeness (QED) is 0.868. The molecule has 6 heteroatoms. The van der Waals surface area contributed by atoms with Crippen molar-refractivity contribution in [1.29, 1.82) is 0 Å². The molecule has 1 heterocycles. The van der Waals surface area contributed by atoms with Crippen LogP contribution >= 0.6 is 15.9 Å². The minimum atomic E-state index is -0.940. The Morgan fingerprint density at radius 1 is 1.40 bits per heavy atom. The largest absolute Gasteiger partial charge is 0.480 e. The summed E-state index contributed by atoms with van der Waals surface area (Å²) in [6, 6.07) is 4.43. The number of nitrogens with zero attached hydrogens (tertiary/aromatic N) is 1. The monoisotopic (exact) mass is 340 g/mol. The molecule has 1 aromatic rings. The maximum absolute atomic E-state index is 12.2. The first-order valence-electron chi connectivity index (χ1n) is 6.55. The Bertz CT molecular complexity index is 533. The summed E-state index contributed by atoms with van der Waals surface area (Å²) in [7, 11) is 0. The van der Waals surface area contributed by atoms with E-state index < -0.39 is 12.0 Å². The highest BCUT2D eigenvalue weighted by Crippen LogP contribution is 2.22. The second kappa shape index (κ2) is 6.26. The van der Waals surface area contributed by atoms with E-state index in [0.29, 0.717) is 18.7 Å². The number of piperidine rings is 1. The van der Waals surface area contributed by atoms with Crippen molar-refractivity contribution in [2.75, 3.05) is 11.9 Å². The van der Waals surface area contributed by atoms with Crippen LogP contribution in [0.4, 0.5) is 10.5 Å². The lowest BCUT2D eigenvalue weighted by atomic mass is 10.0. The van der Waals surface area contributed by atoms with Gasteiger partial charge in [0.05, 0.1) is 0 Å². The van der Waals surface area contributed by atoms with Gasteiger partial charge in [0.25, 0.3) is 0 Å². The number of carboxylic acids is 1. The van der Waals surface area contributed by atoms with Gasteiger partial charge in [-0.05, 0) is 43.9 Å². The van der Waals surface area contributed by atoms with Crippen molar-refractivity contribution in [3.05, 3.63) is 28.2 Å². The van der Waals surface area contributed by atoms with Crippen LogP contribution in [0.5, 0.6) is 0 Å². The molecule has 2 rings (SSSR count). The number of rotatable bonds is 2. The van der Waals surface area contributed by atoms with Crippen LogP contribution in [0, 0.1) is 6.92 Å². The molecule has 1 unspecified atom stereocenters. The van der Waals surface area contributed by atoms with E-state index in [2.05, 4.69) is 21.2 Å². The van der Waals surface area contributed by atoms with Crippen LogP contribution in [-0.4, -0.2) is 34.6 Å². The highest BCUT2D eigenvalue weighted by molar-refractivity contribution is 9.10. The number of amides is 2. The average molecular weight is 341 g/mol. The molecule has 1 aliphatic rings. The molecule has 1 aliphatic heterocycles. The SMILES string of the molecule is Cc1ccc(NC(=O)N2CCCCC2C(=O)O)cc1Br. The number of halogens is 1. The van der Waals surface area contributed by atoms with Gasteiger partial charge < -0.3 is 15.3 Å². The molecule has 5 nitrogen and oxygen atoms in total. The van der Waals surface area contributed by atoms with Crippen LogP contribution in [0.25, 0.3) is 0 Å². The number of carboxylic acid groups (broad SMARTS) is 1. The summed E-state index contributed by atoms with van der Waals surface area (Å²) in [5.41, 5.74) is 1.73. The van der Waals surface area contributed by atoms with Crippen molar-refractivity contribution in [3.63, 3.8) is 0 Å². The third-order valence-corrected chi connectivity index (χ3v) is 4.33. The topological polar surface area (TPSA) is 69.6 Å². The highest BCUT2D eigenvalue weighted by atomic mass is 79.9. The first-order valence-corrected chi connectivity index (χ1v) is 7.35. The molecular weight excluding hydrogens is 324 g/mol. The zero-order valence-corrected chi connectivity index (χ0v) is 12.8. The minimum Gasteiger partial charge on any atom is -0.480 e. The van der Waals surface area contributed by atoms with Gasteiger partial charge in [0, 0.05) is 16.7 Å². The molecule has 108 valence electrons. The Morgan fingerprint density at radius 3 is 2.80 bits per heavy atom. The van der Waals surface area contributed by atoms with Crippen molar-refractivity contribution in [2.24, 2.45) is 0 Å². The molecule has 0 aliphatic carbocycles. The van der Waals surface area contributed by atoms with Crippen molar-refractivity contribution >= 4 is 33.6 Å². The summed E-state index contributed by atoms with van der Waals surface area (Å²) in [6.07, 6.45) is 2.20. The lowest BCUT2D eigenvalue weighted by molar-refractivity contribution is -0.143. The van der Waals surface area contributed by atoms with Gasteiger partial charge in [0.15, 0.2) is 0 Å².